The summed E-state index contributed by atoms with van der Waals surface area (Å²) in [4.78, 5) is 38.2. The molecule has 1 aromatic rings. The molecule has 2 fully saturated rings. The molecule has 1 heterocycles. The van der Waals surface area contributed by atoms with E-state index in [1.165, 1.54) is 0 Å². The lowest BCUT2D eigenvalue weighted by atomic mass is 9.73. The maximum Gasteiger partial charge on any atom is 0.326 e. The van der Waals surface area contributed by atoms with E-state index < -0.39 is 17.5 Å². The number of hydrogen-bond donors (Lipinski definition) is 1. The van der Waals surface area contributed by atoms with Gasteiger partial charge in [-0.3, -0.25) is 14.5 Å². The molecule has 8 heteroatoms. The molecule has 2 atom stereocenters. The Balaban J connectivity index is 1.43. The summed E-state index contributed by atoms with van der Waals surface area (Å²) in [6.45, 7) is 4.28. The van der Waals surface area contributed by atoms with Gasteiger partial charge in [-0.25, -0.2) is 4.79 Å². The molecule has 1 aliphatic heterocycles. The number of esters is 1. The van der Waals surface area contributed by atoms with Gasteiger partial charge in [-0.1, -0.05) is 19.8 Å². The minimum Gasteiger partial charge on any atom is -0.494 e. The number of ether oxygens (including phenoxy) is 3. The van der Waals surface area contributed by atoms with Gasteiger partial charge < -0.3 is 19.5 Å². The summed E-state index contributed by atoms with van der Waals surface area (Å²) < 4.78 is 16.0. The third kappa shape index (κ3) is 4.63. The van der Waals surface area contributed by atoms with E-state index in [4.69, 9.17) is 14.2 Å². The molecule has 158 valence electrons. The molecule has 0 radical (unpaired) electrons. The van der Waals surface area contributed by atoms with Gasteiger partial charge in [0.05, 0.1) is 6.61 Å². The predicted molar refractivity (Wildman–Crippen MR) is 105 cm³/mol. The molecular formula is C21H28N2O6. The van der Waals surface area contributed by atoms with Crippen LogP contribution in [-0.2, 0) is 14.3 Å². The molecule has 1 aromatic carbocycles. The molecule has 1 saturated carbocycles. The van der Waals surface area contributed by atoms with Gasteiger partial charge in [0.25, 0.3) is 5.91 Å². The van der Waals surface area contributed by atoms with E-state index in [-0.39, 0.29) is 31.6 Å². The van der Waals surface area contributed by atoms with Crippen molar-refractivity contribution in [2.45, 2.75) is 45.1 Å². The highest BCUT2D eigenvalue weighted by Gasteiger charge is 2.55. The largest absolute Gasteiger partial charge is 0.494 e. The standard InChI is InChI=1S/C21H28N2O6/c1-3-27-16-7-9-17(10-8-16)28-12-13-29-18(24)14-23-19(25)21(22-20(23)26)11-5-4-6-15(21)2/h7-10,15H,3-6,11-14H2,1-2H3,(H,22,26)/t15-,21-/m0/s1. The van der Waals surface area contributed by atoms with Crippen LogP contribution in [0.3, 0.4) is 0 Å². The Labute approximate surface area is 170 Å². The maximum atomic E-state index is 12.8. The van der Waals surface area contributed by atoms with E-state index >= 15 is 0 Å². The molecule has 1 N–H and O–H groups in total. The minimum absolute atomic E-state index is 0.0250. The summed E-state index contributed by atoms with van der Waals surface area (Å²) in [7, 11) is 0. The fraction of sp³-hybridized carbons (Fsp3) is 0.571. The minimum atomic E-state index is -0.869. The van der Waals surface area contributed by atoms with E-state index in [2.05, 4.69) is 5.32 Å². The Morgan fingerprint density at radius 2 is 1.83 bits per heavy atom. The number of carbonyl (C=O) groups is 3. The first-order valence-electron chi connectivity index (χ1n) is 10.1. The third-order valence-corrected chi connectivity index (χ3v) is 5.54. The number of benzene rings is 1. The second-order valence-corrected chi connectivity index (χ2v) is 7.41. The average molecular weight is 404 g/mol. The van der Waals surface area contributed by atoms with Gasteiger partial charge in [0.1, 0.15) is 36.8 Å². The number of amides is 3. The predicted octanol–water partition coefficient (Wildman–Crippen LogP) is 2.51. The fourth-order valence-corrected chi connectivity index (χ4v) is 3.93. The van der Waals surface area contributed by atoms with E-state index in [1.807, 2.05) is 13.8 Å². The van der Waals surface area contributed by atoms with Crippen LogP contribution in [0.25, 0.3) is 0 Å². The van der Waals surface area contributed by atoms with Crippen molar-refractivity contribution < 1.29 is 28.6 Å². The Kier molecular flexibility index (Phi) is 6.61. The summed E-state index contributed by atoms with van der Waals surface area (Å²) >= 11 is 0. The molecule has 0 aromatic heterocycles. The van der Waals surface area contributed by atoms with Gasteiger partial charge in [0.2, 0.25) is 0 Å². The van der Waals surface area contributed by atoms with Gasteiger partial charge >= 0.3 is 12.0 Å². The van der Waals surface area contributed by atoms with Gasteiger partial charge in [0.15, 0.2) is 0 Å². The summed E-state index contributed by atoms with van der Waals surface area (Å²) in [5.41, 5.74) is -0.869. The van der Waals surface area contributed by atoms with Crippen molar-refractivity contribution in [3.8, 4) is 11.5 Å². The Hall–Kier alpha value is -2.77. The third-order valence-electron chi connectivity index (χ3n) is 5.54. The first-order valence-corrected chi connectivity index (χ1v) is 10.1. The van der Waals surface area contributed by atoms with Crippen LogP contribution in [0, 0.1) is 5.92 Å². The lowest BCUT2D eigenvalue weighted by molar-refractivity contribution is -0.149. The first-order chi connectivity index (χ1) is 14.0. The zero-order valence-corrected chi connectivity index (χ0v) is 16.9. The number of urea groups is 1. The number of nitrogens with one attached hydrogen (secondary N) is 1. The molecular weight excluding hydrogens is 376 g/mol. The summed E-state index contributed by atoms with van der Waals surface area (Å²) in [5.74, 6) is 0.481. The number of hydrogen-bond acceptors (Lipinski definition) is 6. The van der Waals surface area contributed by atoms with Crippen LogP contribution in [0.1, 0.15) is 39.5 Å². The van der Waals surface area contributed by atoms with E-state index in [0.717, 1.165) is 29.9 Å². The summed E-state index contributed by atoms with van der Waals surface area (Å²) in [5, 5.41) is 2.82. The monoisotopic (exact) mass is 404 g/mol. The lowest BCUT2D eigenvalue weighted by Crippen LogP contribution is -2.54. The van der Waals surface area contributed by atoms with Gasteiger partial charge in [-0.15, -0.1) is 0 Å². The van der Waals surface area contributed by atoms with E-state index in [0.29, 0.717) is 18.8 Å². The highest BCUT2D eigenvalue weighted by Crippen LogP contribution is 2.38. The zero-order valence-electron chi connectivity index (χ0n) is 16.9. The second kappa shape index (κ2) is 9.15. The Morgan fingerprint density at radius 1 is 1.14 bits per heavy atom. The SMILES string of the molecule is CCOc1ccc(OCCOC(=O)CN2C(=O)N[C@]3(CCCC[C@@H]3C)C2=O)cc1. The fourth-order valence-electron chi connectivity index (χ4n) is 3.93. The topological polar surface area (TPSA) is 94.2 Å². The van der Waals surface area contributed by atoms with Crippen LogP contribution >= 0.6 is 0 Å². The maximum absolute atomic E-state index is 12.8. The van der Waals surface area contributed by atoms with Gasteiger partial charge in [0, 0.05) is 0 Å². The van der Waals surface area contributed by atoms with Gasteiger partial charge in [-0.2, -0.15) is 0 Å². The Morgan fingerprint density at radius 3 is 2.48 bits per heavy atom. The molecule has 8 nitrogen and oxygen atoms in total. The Bertz CT molecular complexity index is 750. The summed E-state index contributed by atoms with van der Waals surface area (Å²) in [6, 6.07) is 6.61. The summed E-state index contributed by atoms with van der Waals surface area (Å²) in [6.07, 6.45) is 3.42. The molecule has 3 rings (SSSR count). The zero-order chi connectivity index (χ0) is 20.9. The molecule has 2 aliphatic rings. The first kappa shape index (κ1) is 21.0. The quantitative estimate of drug-likeness (QED) is 0.406. The van der Waals surface area contributed by atoms with Crippen molar-refractivity contribution in [3.05, 3.63) is 24.3 Å². The number of nitrogens with zero attached hydrogens (tertiary/aromatic N) is 1. The van der Waals surface area contributed by atoms with Crippen LogP contribution in [0.5, 0.6) is 11.5 Å². The van der Waals surface area contributed by atoms with Crippen LogP contribution in [0.2, 0.25) is 0 Å². The number of rotatable bonds is 8. The normalized spacial score (nSPS) is 23.8. The molecule has 3 amide bonds. The average Bonchev–Trinajstić information content (AvgIpc) is 2.94. The van der Waals surface area contributed by atoms with Crippen LogP contribution in [0.15, 0.2) is 24.3 Å². The number of carbonyl (C=O) groups excluding carboxylic acids is 3. The van der Waals surface area contributed by atoms with Crippen LogP contribution < -0.4 is 14.8 Å². The molecule has 1 saturated heterocycles. The van der Waals surface area contributed by atoms with Crippen molar-refractivity contribution in [2.75, 3.05) is 26.4 Å². The highest BCUT2D eigenvalue weighted by atomic mass is 16.6. The van der Waals surface area contributed by atoms with Crippen molar-refractivity contribution in [2.24, 2.45) is 5.92 Å². The highest BCUT2D eigenvalue weighted by molar-refractivity contribution is 6.08. The van der Waals surface area contributed by atoms with Crippen molar-refractivity contribution >= 4 is 17.9 Å². The molecule has 1 spiro atoms. The van der Waals surface area contributed by atoms with Crippen LogP contribution in [-0.4, -0.2) is 54.7 Å². The van der Waals surface area contributed by atoms with Gasteiger partial charge in [-0.05, 0) is 49.9 Å². The molecule has 1 aliphatic carbocycles. The molecule has 0 bridgehead atoms. The lowest BCUT2D eigenvalue weighted by Gasteiger charge is -2.36. The van der Waals surface area contributed by atoms with Crippen molar-refractivity contribution in [1.29, 1.82) is 0 Å². The molecule has 0 unspecified atom stereocenters. The smallest absolute Gasteiger partial charge is 0.326 e. The van der Waals surface area contributed by atoms with Crippen LogP contribution in [0.4, 0.5) is 4.79 Å². The van der Waals surface area contributed by atoms with E-state index in [1.54, 1.807) is 24.3 Å². The second-order valence-electron chi connectivity index (χ2n) is 7.41. The number of imide groups is 1. The van der Waals surface area contributed by atoms with E-state index in [9.17, 15) is 14.4 Å². The molecule has 29 heavy (non-hydrogen) atoms. The van der Waals surface area contributed by atoms with Crippen molar-refractivity contribution in [1.82, 2.24) is 10.2 Å². The van der Waals surface area contributed by atoms with Crippen molar-refractivity contribution in [3.63, 3.8) is 0 Å².